The molecule has 0 radical (unpaired) electrons. The van der Waals surface area contributed by atoms with E-state index in [9.17, 15) is 28.8 Å². The Hall–Kier alpha value is -4.54. The molecule has 0 spiro atoms. The van der Waals surface area contributed by atoms with Crippen molar-refractivity contribution in [3.63, 3.8) is 0 Å². The number of esters is 1. The predicted octanol–water partition coefficient (Wildman–Crippen LogP) is 2.21. The lowest BCUT2D eigenvalue weighted by Gasteiger charge is -2.32. The van der Waals surface area contributed by atoms with Gasteiger partial charge in [-0.1, -0.05) is 60.7 Å². The van der Waals surface area contributed by atoms with Crippen LogP contribution >= 0.6 is 0 Å². The Bertz CT molecular complexity index is 1340. The van der Waals surface area contributed by atoms with Crippen molar-refractivity contribution in [1.29, 1.82) is 0 Å². The average Bonchev–Trinajstić information content (AvgIpc) is 3.51. The minimum Gasteiger partial charge on any atom is -0.457 e. The molecule has 2 N–H and O–H groups in total. The average molecular weight is 605 g/mol. The van der Waals surface area contributed by atoms with Crippen molar-refractivity contribution < 1.29 is 33.5 Å². The lowest BCUT2D eigenvalue weighted by atomic mass is 10.0. The van der Waals surface area contributed by atoms with Gasteiger partial charge < -0.3 is 25.2 Å². The summed E-state index contributed by atoms with van der Waals surface area (Å²) < 4.78 is 5.11. The summed E-state index contributed by atoms with van der Waals surface area (Å²) >= 11 is 0. The SMILES string of the molecule is CC(C)OC(=O)C(=O)C(Cc1ccccc1)NC(=O)[C@@H]1CCCN1C(=O)[C@H](Cc1ccccc1)NC(=O)N1CCC(=O)CC1. The number of hydrogen-bond donors (Lipinski definition) is 2. The van der Waals surface area contributed by atoms with Crippen LogP contribution in [0.15, 0.2) is 60.7 Å². The van der Waals surface area contributed by atoms with Gasteiger partial charge in [0, 0.05) is 45.3 Å². The van der Waals surface area contributed by atoms with Crippen molar-refractivity contribution in [3.8, 4) is 0 Å². The molecule has 2 aliphatic rings. The van der Waals surface area contributed by atoms with E-state index >= 15 is 0 Å². The molecule has 2 aromatic rings. The maximum absolute atomic E-state index is 14.0. The van der Waals surface area contributed by atoms with Crippen molar-refractivity contribution in [3.05, 3.63) is 71.8 Å². The zero-order chi connectivity index (χ0) is 31.6. The Labute approximate surface area is 257 Å². The van der Waals surface area contributed by atoms with Gasteiger partial charge in [-0.2, -0.15) is 0 Å². The third kappa shape index (κ3) is 8.75. The second-order valence-corrected chi connectivity index (χ2v) is 11.5. The third-order valence-electron chi connectivity index (χ3n) is 7.78. The summed E-state index contributed by atoms with van der Waals surface area (Å²) in [6.45, 7) is 4.12. The number of likely N-dealkylation sites (tertiary alicyclic amines) is 2. The van der Waals surface area contributed by atoms with Gasteiger partial charge in [-0.05, 0) is 37.8 Å². The molecule has 4 rings (SSSR count). The molecule has 0 bridgehead atoms. The standard InChI is InChI=1S/C33H40N4O7/c1-22(2)44-32(42)29(39)26(20-23-10-5-3-6-11-23)34-30(40)28-14-9-17-37(28)31(41)27(21-24-12-7-4-8-13-24)35-33(43)36-18-15-25(38)16-19-36/h3-8,10-13,22,26-28H,9,14-21H2,1-2H3,(H,34,40)(H,35,43)/t26?,27-,28-/m0/s1. The van der Waals surface area contributed by atoms with Crippen LogP contribution in [0.2, 0.25) is 0 Å². The van der Waals surface area contributed by atoms with E-state index in [1.165, 1.54) is 9.80 Å². The van der Waals surface area contributed by atoms with Crippen LogP contribution in [0.25, 0.3) is 0 Å². The fourth-order valence-electron chi connectivity index (χ4n) is 5.49. The lowest BCUT2D eigenvalue weighted by Crippen LogP contribution is -2.58. The van der Waals surface area contributed by atoms with Crippen LogP contribution in [0.3, 0.4) is 0 Å². The summed E-state index contributed by atoms with van der Waals surface area (Å²) in [5, 5.41) is 5.57. The van der Waals surface area contributed by atoms with Crippen LogP contribution in [-0.2, 0) is 41.6 Å². The third-order valence-corrected chi connectivity index (χ3v) is 7.78. The first-order valence-corrected chi connectivity index (χ1v) is 15.1. The molecule has 0 aliphatic carbocycles. The Morgan fingerprint density at radius 2 is 1.39 bits per heavy atom. The van der Waals surface area contributed by atoms with Crippen molar-refractivity contribution in [2.75, 3.05) is 19.6 Å². The number of amides is 4. The normalized spacial score (nSPS) is 18.0. The Morgan fingerprint density at radius 3 is 1.95 bits per heavy atom. The molecule has 1 unspecified atom stereocenters. The Kier molecular flexibility index (Phi) is 11.2. The summed E-state index contributed by atoms with van der Waals surface area (Å²) in [6.07, 6.45) is 1.23. The van der Waals surface area contributed by atoms with E-state index in [4.69, 9.17) is 4.74 Å². The van der Waals surface area contributed by atoms with Crippen LogP contribution in [-0.4, -0.2) is 89.0 Å². The first kappa shape index (κ1) is 32.4. The highest BCUT2D eigenvalue weighted by Gasteiger charge is 2.40. The van der Waals surface area contributed by atoms with E-state index in [1.54, 1.807) is 38.1 Å². The number of ether oxygens (including phenoxy) is 1. The maximum atomic E-state index is 14.0. The molecule has 11 nitrogen and oxygen atoms in total. The van der Waals surface area contributed by atoms with Gasteiger partial charge in [0.25, 0.3) is 5.78 Å². The molecule has 234 valence electrons. The van der Waals surface area contributed by atoms with Crippen LogP contribution < -0.4 is 10.6 Å². The fourth-order valence-corrected chi connectivity index (χ4v) is 5.49. The van der Waals surface area contributed by atoms with Crippen molar-refractivity contribution in [2.45, 2.75) is 76.6 Å². The van der Waals surface area contributed by atoms with E-state index in [-0.39, 0.29) is 44.6 Å². The van der Waals surface area contributed by atoms with Crippen molar-refractivity contribution >= 4 is 35.4 Å². The highest BCUT2D eigenvalue weighted by molar-refractivity contribution is 6.36. The minimum atomic E-state index is -1.18. The number of carbonyl (C=O) groups is 6. The monoisotopic (exact) mass is 604 g/mol. The zero-order valence-corrected chi connectivity index (χ0v) is 25.2. The highest BCUT2D eigenvalue weighted by atomic mass is 16.5. The van der Waals surface area contributed by atoms with Crippen LogP contribution in [0, 0.1) is 0 Å². The minimum absolute atomic E-state index is 0.0737. The fraction of sp³-hybridized carbons (Fsp3) is 0.455. The van der Waals surface area contributed by atoms with Gasteiger partial charge in [0.1, 0.15) is 23.9 Å². The van der Waals surface area contributed by atoms with Gasteiger partial charge in [-0.25, -0.2) is 9.59 Å². The molecule has 2 saturated heterocycles. The molecule has 44 heavy (non-hydrogen) atoms. The molecule has 0 saturated carbocycles. The van der Waals surface area contributed by atoms with Crippen molar-refractivity contribution in [2.24, 2.45) is 0 Å². The first-order valence-electron chi connectivity index (χ1n) is 15.1. The zero-order valence-electron chi connectivity index (χ0n) is 25.2. The van der Waals surface area contributed by atoms with E-state index in [1.807, 2.05) is 36.4 Å². The quantitative estimate of drug-likeness (QED) is 0.296. The summed E-state index contributed by atoms with van der Waals surface area (Å²) in [4.78, 5) is 81.1. The van der Waals surface area contributed by atoms with Gasteiger partial charge in [0.05, 0.1) is 6.10 Å². The summed E-state index contributed by atoms with van der Waals surface area (Å²) in [5.74, 6) is -2.79. The number of ketones is 2. The second kappa shape index (κ2) is 15.3. The number of urea groups is 1. The van der Waals surface area contributed by atoms with Crippen LogP contribution in [0.4, 0.5) is 4.79 Å². The predicted molar refractivity (Wildman–Crippen MR) is 161 cm³/mol. The van der Waals surface area contributed by atoms with Crippen molar-refractivity contribution in [1.82, 2.24) is 20.4 Å². The first-order chi connectivity index (χ1) is 21.1. The van der Waals surface area contributed by atoms with Gasteiger partial charge in [-0.3, -0.25) is 19.2 Å². The summed E-state index contributed by atoms with van der Waals surface area (Å²) in [5.41, 5.74) is 1.57. The van der Waals surface area contributed by atoms with Gasteiger partial charge in [0.2, 0.25) is 11.8 Å². The molecule has 2 aromatic carbocycles. The molecule has 2 heterocycles. The topological polar surface area (TPSA) is 142 Å². The van der Waals surface area contributed by atoms with Gasteiger partial charge in [-0.15, -0.1) is 0 Å². The number of carbonyl (C=O) groups excluding carboxylic acids is 6. The number of hydrogen-bond acceptors (Lipinski definition) is 7. The molecule has 2 fully saturated rings. The Balaban J connectivity index is 1.51. The number of nitrogens with zero attached hydrogens (tertiary/aromatic N) is 2. The molecule has 3 atom stereocenters. The van der Waals surface area contributed by atoms with E-state index in [0.717, 1.165) is 11.1 Å². The molecule has 0 aromatic heterocycles. The number of nitrogens with one attached hydrogen (secondary N) is 2. The van der Waals surface area contributed by atoms with E-state index in [2.05, 4.69) is 10.6 Å². The van der Waals surface area contributed by atoms with E-state index < -0.39 is 53.8 Å². The number of piperidine rings is 1. The maximum Gasteiger partial charge on any atom is 0.377 e. The second-order valence-electron chi connectivity index (χ2n) is 11.5. The van der Waals surface area contributed by atoms with Crippen LogP contribution in [0.1, 0.15) is 50.7 Å². The smallest absolute Gasteiger partial charge is 0.377 e. The van der Waals surface area contributed by atoms with E-state index in [0.29, 0.717) is 19.4 Å². The largest absolute Gasteiger partial charge is 0.457 e. The molecule has 2 aliphatic heterocycles. The summed E-state index contributed by atoms with van der Waals surface area (Å²) in [7, 11) is 0. The highest BCUT2D eigenvalue weighted by Crippen LogP contribution is 2.21. The van der Waals surface area contributed by atoms with Gasteiger partial charge >= 0.3 is 12.0 Å². The number of benzene rings is 2. The molecular formula is C33H40N4O7. The lowest BCUT2D eigenvalue weighted by molar-refractivity contribution is -0.158. The Morgan fingerprint density at radius 1 is 0.818 bits per heavy atom. The van der Waals surface area contributed by atoms with Gasteiger partial charge in [0.15, 0.2) is 0 Å². The van der Waals surface area contributed by atoms with Crippen LogP contribution in [0.5, 0.6) is 0 Å². The summed E-state index contributed by atoms with van der Waals surface area (Å²) in [6, 6.07) is 14.8. The molecular weight excluding hydrogens is 564 g/mol. The number of Topliss-reactive ketones (excluding diaryl/α,β-unsaturated/α-hetero) is 2. The molecule has 4 amide bonds. The number of rotatable bonds is 11. The molecule has 11 heteroatoms.